The van der Waals surface area contributed by atoms with E-state index in [1.165, 1.54) is 0 Å². The summed E-state index contributed by atoms with van der Waals surface area (Å²) in [5, 5.41) is 9.98. The Morgan fingerprint density at radius 2 is 2.45 bits per heavy atom. The maximum Gasteiger partial charge on any atom is 0.106 e. The fourth-order valence-electron chi connectivity index (χ4n) is 0.732. The second-order valence-electron chi connectivity index (χ2n) is 2.12. The van der Waals surface area contributed by atoms with E-state index in [9.17, 15) is 5.11 Å². The summed E-state index contributed by atoms with van der Waals surface area (Å²) in [6.07, 6.45) is 3.43. The van der Waals surface area contributed by atoms with Crippen LogP contribution in [0.3, 0.4) is 0 Å². The summed E-state index contributed by atoms with van der Waals surface area (Å²) in [6, 6.07) is 3.76. The van der Waals surface area contributed by atoms with Gasteiger partial charge in [-0.3, -0.25) is 4.98 Å². The van der Waals surface area contributed by atoms with Crippen molar-refractivity contribution in [1.29, 1.82) is 0 Å². The molecule has 0 aliphatic rings. The second kappa shape index (κ2) is 4.82. The Morgan fingerprint density at radius 1 is 1.55 bits per heavy atom. The minimum absolute atomic E-state index is 0.180. The SMILES string of the molecule is [O]CCOCc1cccnc1. The molecule has 0 saturated carbocycles. The molecule has 3 nitrogen and oxygen atoms in total. The van der Waals surface area contributed by atoms with Crippen LogP contribution in [0.1, 0.15) is 5.56 Å². The van der Waals surface area contributed by atoms with E-state index in [1.807, 2.05) is 12.1 Å². The standard InChI is InChI=1S/C8H10NO2/c10-4-5-11-7-8-2-1-3-9-6-8/h1-3,6H,4-5,7H2. The first-order chi connectivity index (χ1) is 5.43. The van der Waals surface area contributed by atoms with E-state index in [4.69, 9.17) is 4.74 Å². The predicted octanol–water partition coefficient (Wildman–Crippen LogP) is 1.03. The summed E-state index contributed by atoms with van der Waals surface area (Å²) in [6.45, 7) is 0.575. The number of aromatic nitrogens is 1. The third-order valence-electron chi connectivity index (χ3n) is 1.22. The van der Waals surface area contributed by atoms with Crippen molar-refractivity contribution in [3.8, 4) is 0 Å². The van der Waals surface area contributed by atoms with Gasteiger partial charge in [0, 0.05) is 12.4 Å². The minimum atomic E-state index is -0.180. The normalized spacial score (nSPS) is 9.91. The van der Waals surface area contributed by atoms with Crippen molar-refractivity contribution in [2.24, 2.45) is 0 Å². The van der Waals surface area contributed by atoms with Gasteiger partial charge >= 0.3 is 0 Å². The van der Waals surface area contributed by atoms with Gasteiger partial charge in [-0.15, -0.1) is 0 Å². The average Bonchev–Trinajstić information content (AvgIpc) is 2.07. The zero-order chi connectivity index (χ0) is 7.94. The number of pyridine rings is 1. The zero-order valence-electron chi connectivity index (χ0n) is 6.19. The molecular weight excluding hydrogens is 142 g/mol. The van der Waals surface area contributed by atoms with Gasteiger partial charge in [-0.2, -0.15) is 0 Å². The van der Waals surface area contributed by atoms with Crippen LogP contribution in [0, 0.1) is 0 Å². The maximum atomic E-state index is 9.98. The van der Waals surface area contributed by atoms with Crippen molar-refractivity contribution in [1.82, 2.24) is 4.98 Å². The van der Waals surface area contributed by atoms with Gasteiger partial charge in [0.2, 0.25) is 0 Å². The second-order valence-corrected chi connectivity index (χ2v) is 2.12. The lowest BCUT2D eigenvalue weighted by molar-refractivity contribution is 0.0549. The molecule has 0 aliphatic carbocycles. The largest absolute Gasteiger partial charge is 0.374 e. The van der Waals surface area contributed by atoms with Crippen LogP contribution in [0.4, 0.5) is 0 Å². The first-order valence-corrected chi connectivity index (χ1v) is 3.48. The Bertz CT molecular complexity index is 189. The highest BCUT2D eigenvalue weighted by Gasteiger charge is 1.90. The number of rotatable bonds is 4. The van der Waals surface area contributed by atoms with Gasteiger partial charge in [0.05, 0.1) is 13.2 Å². The van der Waals surface area contributed by atoms with Crippen molar-refractivity contribution in [3.63, 3.8) is 0 Å². The lowest BCUT2D eigenvalue weighted by Gasteiger charge is -1.99. The van der Waals surface area contributed by atoms with Gasteiger partial charge in [-0.25, -0.2) is 5.11 Å². The van der Waals surface area contributed by atoms with Crippen LogP contribution in [0.15, 0.2) is 24.5 Å². The lowest BCUT2D eigenvalue weighted by Crippen LogP contribution is -1.98. The third-order valence-corrected chi connectivity index (χ3v) is 1.22. The quantitative estimate of drug-likeness (QED) is 0.604. The molecule has 0 N–H and O–H groups in total. The van der Waals surface area contributed by atoms with Crippen LogP contribution < -0.4 is 0 Å². The lowest BCUT2D eigenvalue weighted by atomic mass is 10.3. The minimum Gasteiger partial charge on any atom is -0.374 e. The molecule has 3 heteroatoms. The summed E-state index contributed by atoms with van der Waals surface area (Å²) in [5.41, 5.74) is 1.00. The third kappa shape index (κ3) is 3.11. The number of hydrogen-bond donors (Lipinski definition) is 0. The summed E-state index contributed by atoms with van der Waals surface area (Å²) >= 11 is 0. The highest BCUT2D eigenvalue weighted by molar-refractivity contribution is 5.06. The van der Waals surface area contributed by atoms with Gasteiger partial charge in [0.15, 0.2) is 0 Å². The van der Waals surface area contributed by atoms with Crippen LogP contribution in [0.25, 0.3) is 0 Å². The fraction of sp³-hybridized carbons (Fsp3) is 0.375. The van der Waals surface area contributed by atoms with E-state index >= 15 is 0 Å². The van der Waals surface area contributed by atoms with Crippen molar-refractivity contribution in [2.75, 3.05) is 13.2 Å². The Morgan fingerprint density at radius 3 is 3.09 bits per heavy atom. The van der Waals surface area contributed by atoms with E-state index in [-0.39, 0.29) is 13.2 Å². The predicted molar refractivity (Wildman–Crippen MR) is 39.4 cm³/mol. The van der Waals surface area contributed by atoms with E-state index in [1.54, 1.807) is 12.4 Å². The van der Waals surface area contributed by atoms with Crippen LogP contribution in [0.5, 0.6) is 0 Å². The van der Waals surface area contributed by atoms with Gasteiger partial charge in [0.1, 0.15) is 6.61 Å². The number of ether oxygens (including phenoxy) is 1. The number of hydrogen-bond acceptors (Lipinski definition) is 2. The fourth-order valence-corrected chi connectivity index (χ4v) is 0.732. The van der Waals surface area contributed by atoms with Crippen molar-refractivity contribution >= 4 is 0 Å². The smallest absolute Gasteiger partial charge is 0.106 e. The molecule has 1 heterocycles. The summed E-state index contributed by atoms with van der Waals surface area (Å²) in [4.78, 5) is 3.91. The van der Waals surface area contributed by atoms with Crippen LogP contribution in [-0.4, -0.2) is 18.2 Å². The molecule has 1 aromatic rings. The zero-order valence-corrected chi connectivity index (χ0v) is 6.19. The first kappa shape index (κ1) is 8.17. The molecule has 0 amide bonds. The Kier molecular flexibility index (Phi) is 3.58. The van der Waals surface area contributed by atoms with E-state index in [2.05, 4.69) is 4.98 Å². The van der Waals surface area contributed by atoms with E-state index < -0.39 is 0 Å². The van der Waals surface area contributed by atoms with Crippen LogP contribution >= 0.6 is 0 Å². The van der Waals surface area contributed by atoms with Gasteiger partial charge < -0.3 is 4.74 Å². The van der Waals surface area contributed by atoms with E-state index in [0.717, 1.165) is 5.56 Å². The topological polar surface area (TPSA) is 42.0 Å². The molecule has 0 spiro atoms. The van der Waals surface area contributed by atoms with Crippen LogP contribution in [-0.2, 0) is 16.5 Å². The summed E-state index contributed by atoms with van der Waals surface area (Å²) < 4.78 is 5.02. The Balaban J connectivity index is 2.28. The van der Waals surface area contributed by atoms with Crippen LogP contribution in [0.2, 0.25) is 0 Å². The molecule has 0 saturated heterocycles. The summed E-state index contributed by atoms with van der Waals surface area (Å²) in [7, 11) is 0. The molecular formula is C8H10NO2. The Labute approximate surface area is 65.7 Å². The molecule has 0 unspecified atom stereocenters. The molecule has 59 valence electrons. The Hall–Kier alpha value is -0.930. The molecule has 0 aliphatic heterocycles. The molecule has 11 heavy (non-hydrogen) atoms. The molecule has 0 fully saturated rings. The summed E-state index contributed by atoms with van der Waals surface area (Å²) in [5.74, 6) is 0. The molecule has 0 bridgehead atoms. The number of nitrogens with zero attached hydrogens (tertiary/aromatic N) is 1. The maximum absolute atomic E-state index is 9.98. The molecule has 0 atom stereocenters. The molecule has 1 rings (SSSR count). The highest BCUT2D eigenvalue weighted by atomic mass is 16.5. The highest BCUT2D eigenvalue weighted by Crippen LogP contribution is 1.96. The average molecular weight is 152 g/mol. The van der Waals surface area contributed by atoms with Gasteiger partial charge in [-0.05, 0) is 11.6 Å². The van der Waals surface area contributed by atoms with Crippen molar-refractivity contribution in [2.45, 2.75) is 6.61 Å². The first-order valence-electron chi connectivity index (χ1n) is 3.48. The van der Waals surface area contributed by atoms with Crippen molar-refractivity contribution < 1.29 is 9.84 Å². The molecule has 1 aromatic heterocycles. The van der Waals surface area contributed by atoms with Crippen molar-refractivity contribution in [3.05, 3.63) is 30.1 Å². The van der Waals surface area contributed by atoms with Gasteiger partial charge in [0.25, 0.3) is 0 Å². The monoisotopic (exact) mass is 152 g/mol. The molecule has 1 radical (unpaired) electrons. The molecule has 0 aromatic carbocycles. The van der Waals surface area contributed by atoms with Gasteiger partial charge in [-0.1, -0.05) is 6.07 Å². The van der Waals surface area contributed by atoms with E-state index in [0.29, 0.717) is 6.61 Å².